The Morgan fingerprint density at radius 1 is 1.33 bits per heavy atom. The number of ether oxygens (including phenoxy) is 1. The summed E-state index contributed by atoms with van der Waals surface area (Å²) in [7, 11) is 0. The summed E-state index contributed by atoms with van der Waals surface area (Å²) in [6.07, 6.45) is 0. The smallest absolute Gasteiger partial charge is 0.387 e. The molecule has 1 aromatic rings. The molecule has 2 rings (SSSR count). The summed E-state index contributed by atoms with van der Waals surface area (Å²) in [4.78, 5) is 16.2. The number of rotatable bonds is 3. The maximum absolute atomic E-state index is 12.4. The van der Waals surface area contributed by atoms with Gasteiger partial charge in [0.05, 0.1) is 0 Å². The van der Waals surface area contributed by atoms with Crippen LogP contribution in [0.4, 0.5) is 8.78 Å². The van der Waals surface area contributed by atoms with Gasteiger partial charge in [0.15, 0.2) is 12.0 Å². The topological polar surface area (TPSA) is 62.7 Å². The molecule has 0 aromatic heterocycles. The molecule has 5 nitrogen and oxygen atoms in total. The monoisotopic (exact) mass is 297 g/mol. The maximum atomic E-state index is 12.4. The Morgan fingerprint density at radius 2 is 2.00 bits per heavy atom. The predicted octanol–water partition coefficient (Wildman–Crippen LogP) is 2.20. The second kappa shape index (κ2) is 5.67. The lowest BCUT2D eigenvalue weighted by Gasteiger charge is -2.21. The van der Waals surface area contributed by atoms with Gasteiger partial charge < -0.3 is 10.1 Å². The van der Waals surface area contributed by atoms with Crippen molar-refractivity contribution >= 4 is 11.9 Å². The van der Waals surface area contributed by atoms with Crippen LogP contribution in [0.15, 0.2) is 29.3 Å². The predicted molar refractivity (Wildman–Crippen MR) is 74.3 cm³/mol. The number of hydrogen-bond acceptors (Lipinski definition) is 4. The normalized spacial score (nSPS) is 18.5. The number of para-hydroxylation sites is 1. The van der Waals surface area contributed by atoms with Gasteiger partial charge in [-0.3, -0.25) is 10.1 Å². The van der Waals surface area contributed by atoms with Gasteiger partial charge in [0.25, 0.3) is 5.91 Å². The summed E-state index contributed by atoms with van der Waals surface area (Å²) in [5.41, 5.74) is 0.0287. The van der Waals surface area contributed by atoms with E-state index in [4.69, 9.17) is 0 Å². The number of halogens is 2. The van der Waals surface area contributed by atoms with Crippen LogP contribution in [0.25, 0.3) is 0 Å². The zero-order chi connectivity index (χ0) is 15.6. The number of amides is 1. The first-order valence-corrected chi connectivity index (χ1v) is 6.47. The van der Waals surface area contributed by atoms with Crippen molar-refractivity contribution < 1.29 is 18.3 Å². The molecule has 1 amide bonds. The molecule has 0 spiro atoms. The number of benzene rings is 1. The van der Waals surface area contributed by atoms with Crippen LogP contribution in [0.5, 0.6) is 5.75 Å². The van der Waals surface area contributed by atoms with E-state index in [0.717, 1.165) is 0 Å². The second-order valence-electron chi connectivity index (χ2n) is 5.66. The van der Waals surface area contributed by atoms with Crippen molar-refractivity contribution in [3.63, 3.8) is 0 Å². The number of guanidine groups is 1. The van der Waals surface area contributed by atoms with Crippen molar-refractivity contribution in [3.8, 4) is 5.75 Å². The van der Waals surface area contributed by atoms with Gasteiger partial charge in [-0.1, -0.05) is 18.2 Å². The highest BCUT2D eigenvalue weighted by atomic mass is 19.3. The summed E-state index contributed by atoms with van der Waals surface area (Å²) >= 11 is 0. The fraction of sp³-hybridized carbons (Fsp3) is 0.429. The minimum Gasteiger partial charge on any atom is -0.434 e. The van der Waals surface area contributed by atoms with Gasteiger partial charge in [-0.05, 0) is 26.8 Å². The Labute approximate surface area is 121 Å². The van der Waals surface area contributed by atoms with Crippen LogP contribution in [0.1, 0.15) is 32.4 Å². The van der Waals surface area contributed by atoms with Gasteiger partial charge in [0.1, 0.15) is 5.75 Å². The van der Waals surface area contributed by atoms with Crippen molar-refractivity contribution in [3.05, 3.63) is 29.8 Å². The molecule has 0 bridgehead atoms. The van der Waals surface area contributed by atoms with Crippen LogP contribution in [0, 0.1) is 0 Å². The van der Waals surface area contributed by atoms with Gasteiger partial charge in [0, 0.05) is 11.1 Å². The van der Waals surface area contributed by atoms with Gasteiger partial charge in [0.2, 0.25) is 0 Å². The number of hydrogen-bond donors (Lipinski definition) is 2. The largest absolute Gasteiger partial charge is 0.434 e. The number of aliphatic imine (C=N–C) groups is 1. The summed E-state index contributed by atoms with van der Waals surface area (Å²) < 4.78 is 29.3. The summed E-state index contributed by atoms with van der Waals surface area (Å²) in [6.45, 7) is 2.81. The summed E-state index contributed by atoms with van der Waals surface area (Å²) in [6, 6.07) is 5.24. The molecule has 7 heteroatoms. The zero-order valence-electron chi connectivity index (χ0n) is 12.0. The minimum atomic E-state index is -2.95. The molecule has 1 atom stereocenters. The van der Waals surface area contributed by atoms with Gasteiger partial charge in [-0.2, -0.15) is 8.78 Å². The quantitative estimate of drug-likeness (QED) is 0.899. The van der Waals surface area contributed by atoms with E-state index in [2.05, 4.69) is 20.4 Å². The summed E-state index contributed by atoms with van der Waals surface area (Å²) in [5.74, 6) is -0.107. The third kappa shape index (κ3) is 3.90. The standard InChI is InChI=1S/C14H17F2N3O2/c1-14(2,3)19-13-17-10(11(20)18-13)8-6-4-5-7-9(8)21-12(15)16/h4-7,10,12H,1-3H3,(H2,17,18,19,20). The Kier molecular flexibility index (Phi) is 4.11. The average Bonchev–Trinajstić information content (AvgIpc) is 2.67. The SMILES string of the molecule is CC(C)(C)NC1=NC(c2ccccc2OC(F)F)C(=O)N1. The van der Waals surface area contributed by atoms with Crippen molar-refractivity contribution in [1.82, 2.24) is 10.6 Å². The van der Waals surface area contributed by atoms with Crippen LogP contribution in [0.3, 0.4) is 0 Å². The highest BCUT2D eigenvalue weighted by Gasteiger charge is 2.31. The number of nitrogens with one attached hydrogen (secondary N) is 2. The van der Waals surface area contributed by atoms with Crippen LogP contribution in [0.2, 0.25) is 0 Å². The molecule has 2 N–H and O–H groups in total. The third-order valence-electron chi connectivity index (χ3n) is 2.67. The van der Waals surface area contributed by atoms with Gasteiger partial charge >= 0.3 is 6.61 Å². The van der Waals surface area contributed by atoms with Crippen molar-refractivity contribution in [2.75, 3.05) is 0 Å². The lowest BCUT2D eigenvalue weighted by Crippen LogP contribution is -2.46. The highest BCUT2D eigenvalue weighted by molar-refractivity contribution is 6.05. The fourth-order valence-corrected chi connectivity index (χ4v) is 1.94. The molecule has 1 unspecified atom stereocenters. The third-order valence-corrected chi connectivity index (χ3v) is 2.67. The van der Waals surface area contributed by atoms with Crippen LogP contribution >= 0.6 is 0 Å². The molecule has 0 saturated carbocycles. The molecular formula is C14H17F2N3O2. The molecule has 0 fully saturated rings. The van der Waals surface area contributed by atoms with E-state index in [9.17, 15) is 13.6 Å². The van der Waals surface area contributed by atoms with Crippen molar-refractivity contribution in [2.45, 2.75) is 39.0 Å². The van der Waals surface area contributed by atoms with Crippen molar-refractivity contribution in [1.29, 1.82) is 0 Å². The van der Waals surface area contributed by atoms with E-state index >= 15 is 0 Å². The van der Waals surface area contributed by atoms with Gasteiger partial charge in [-0.15, -0.1) is 0 Å². The lowest BCUT2D eigenvalue weighted by atomic mass is 10.1. The highest BCUT2D eigenvalue weighted by Crippen LogP contribution is 2.30. The zero-order valence-corrected chi connectivity index (χ0v) is 12.0. The molecule has 0 radical (unpaired) electrons. The van der Waals surface area contributed by atoms with Crippen molar-refractivity contribution in [2.24, 2.45) is 4.99 Å². The molecule has 0 aliphatic carbocycles. The molecule has 1 aliphatic rings. The Hall–Kier alpha value is -2.18. The van der Waals surface area contributed by atoms with Gasteiger partial charge in [-0.25, -0.2) is 4.99 Å². The molecule has 114 valence electrons. The van der Waals surface area contributed by atoms with Crippen LogP contribution in [-0.2, 0) is 4.79 Å². The maximum Gasteiger partial charge on any atom is 0.387 e. The minimum absolute atomic E-state index is 0.0478. The molecule has 21 heavy (non-hydrogen) atoms. The number of nitrogens with zero attached hydrogens (tertiary/aromatic N) is 1. The molecular weight excluding hydrogens is 280 g/mol. The van der Waals surface area contributed by atoms with E-state index < -0.39 is 12.7 Å². The molecule has 1 aromatic carbocycles. The number of carbonyl (C=O) groups excluding carboxylic acids is 1. The van der Waals surface area contributed by atoms with Crippen LogP contribution in [-0.4, -0.2) is 24.0 Å². The Bertz CT molecular complexity index is 568. The summed E-state index contributed by atoms with van der Waals surface area (Å²) in [5, 5.41) is 5.63. The molecule has 0 saturated heterocycles. The van der Waals surface area contributed by atoms with E-state index in [1.807, 2.05) is 20.8 Å². The number of carbonyl (C=O) groups is 1. The van der Waals surface area contributed by atoms with E-state index in [1.165, 1.54) is 6.07 Å². The van der Waals surface area contributed by atoms with E-state index in [1.54, 1.807) is 18.2 Å². The van der Waals surface area contributed by atoms with E-state index in [-0.39, 0.29) is 17.2 Å². The number of alkyl halides is 2. The Morgan fingerprint density at radius 3 is 2.62 bits per heavy atom. The Balaban J connectivity index is 2.27. The first kappa shape index (κ1) is 15.2. The molecule has 1 heterocycles. The molecule has 1 aliphatic heterocycles. The fourth-order valence-electron chi connectivity index (χ4n) is 1.94. The van der Waals surface area contributed by atoms with E-state index in [0.29, 0.717) is 11.5 Å². The lowest BCUT2D eigenvalue weighted by molar-refractivity contribution is -0.120. The first-order valence-electron chi connectivity index (χ1n) is 6.47. The first-order chi connectivity index (χ1) is 9.76. The second-order valence-corrected chi connectivity index (χ2v) is 5.66. The average molecular weight is 297 g/mol. The van der Waals surface area contributed by atoms with Crippen LogP contribution < -0.4 is 15.4 Å².